The molecular formula is C31H57N5O19. The van der Waals surface area contributed by atoms with Crippen LogP contribution in [0, 0.1) is 0 Å². The van der Waals surface area contributed by atoms with E-state index in [9.17, 15) is 55.9 Å². The molecule has 0 radical (unpaired) electrons. The highest BCUT2D eigenvalue weighted by Crippen LogP contribution is 2.35. The molecule has 1 aliphatic carbocycles. The van der Waals surface area contributed by atoms with Gasteiger partial charge in [-0.05, 0) is 12.8 Å². The Labute approximate surface area is 315 Å². The lowest BCUT2D eigenvalue weighted by molar-refractivity contribution is -0.348. The molecule has 5 rings (SSSR count). The molecule has 0 spiro atoms. The molecule has 4 saturated heterocycles. The first-order chi connectivity index (χ1) is 26.0. The second kappa shape index (κ2) is 19.1. The summed E-state index contributed by atoms with van der Waals surface area (Å²) in [6.45, 7) is -1.12. The monoisotopic (exact) mass is 803 g/mol. The van der Waals surface area contributed by atoms with Gasteiger partial charge in [0.15, 0.2) is 25.2 Å². The van der Waals surface area contributed by atoms with Gasteiger partial charge in [-0.3, -0.25) is 4.79 Å². The van der Waals surface area contributed by atoms with Crippen LogP contribution in [0.5, 0.6) is 0 Å². The van der Waals surface area contributed by atoms with Gasteiger partial charge in [0.2, 0.25) is 5.91 Å². The van der Waals surface area contributed by atoms with Gasteiger partial charge in [0.05, 0.1) is 50.2 Å². The molecule has 5 aliphatic rings. The predicted octanol–water partition coefficient (Wildman–Crippen LogP) is -9.83. The molecule has 23 atom stereocenters. The lowest BCUT2D eigenvalue weighted by Gasteiger charge is -2.47. The molecule has 0 bridgehead atoms. The molecule has 4 aliphatic heterocycles. The summed E-state index contributed by atoms with van der Waals surface area (Å²) < 4.78 is 46.7. The van der Waals surface area contributed by atoms with E-state index in [4.69, 9.17) is 60.8 Å². The molecule has 1 amide bonds. The molecule has 5 fully saturated rings. The van der Waals surface area contributed by atoms with Crippen LogP contribution in [-0.2, 0) is 42.7 Å². The zero-order valence-electron chi connectivity index (χ0n) is 30.0. The SMILES string of the molecule is CC(=O)NC1CC(N)C(O)C(OC2OC(CO)C(OC3OC(CN)C(OC4OC(CO)C(O)C(O)C4O)C(O)C3N)C2O)C1OC1OC(CO)C(O)CC1N. The lowest BCUT2D eigenvalue weighted by atomic mass is 9.83. The smallest absolute Gasteiger partial charge is 0.217 e. The van der Waals surface area contributed by atoms with Gasteiger partial charge in [0.1, 0.15) is 79.4 Å². The maximum Gasteiger partial charge on any atom is 0.217 e. The number of aliphatic hydroxyl groups excluding tert-OH is 10. The molecule has 23 unspecified atom stereocenters. The summed E-state index contributed by atoms with van der Waals surface area (Å²) in [6, 6.07) is -4.25. The van der Waals surface area contributed by atoms with Gasteiger partial charge in [-0.15, -0.1) is 0 Å². The number of carbonyl (C=O) groups is 1. The second-order valence-corrected chi connectivity index (χ2v) is 14.6. The highest BCUT2D eigenvalue weighted by Gasteiger charge is 2.55. The standard InChI is InChI=1S/C31H57N5O19/c1-8(40)36-11-2-9(33)18(42)27(24(11)52-28-10(34)3-12(41)14(5-37)49-28)55-31-23(47)26(16(7-39)51-31)53-29-17(35)20(44)25(13(4-32)48-29)54-30-22(46)21(45)19(43)15(6-38)50-30/h9-31,37-39,41-47H,2-7,32-35H2,1H3,(H,36,40). The van der Waals surface area contributed by atoms with Crippen LogP contribution in [0.15, 0.2) is 0 Å². The number of rotatable bonds is 13. The maximum absolute atomic E-state index is 12.2. The minimum Gasteiger partial charge on any atom is -0.394 e. The number of nitrogens with one attached hydrogen (secondary N) is 1. The van der Waals surface area contributed by atoms with E-state index in [1.165, 1.54) is 6.92 Å². The van der Waals surface area contributed by atoms with Crippen LogP contribution in [0.25, 0.3) is 0 Å². The van der Waals surface area contributed by atoms with Crippen molar-refractivity contribution < 1.29 is 93.8 Å². The fraction of sp³-hybridized carbons (Fsp3) is 0.968. The fourth-order valence-corrected chi connectivity index (χ4v) is 7.52. The van der Waals surface area contributed by atoms with E-state index in [0.717, 1.165) is 0 Å². The quantitative estimate of drug-likeness (QED) is 0.0822. The Balaban J connectivity index is 1.30. The van der Waals surface area contributed by atoms with Gasteiger partial charge >= 0.3 is 0 Å². The van der Waals surface area contributed by atoms with Crippen molar-refractivity contribution in [1.82, 2.24) is 5.32 Å². The van der Waals surface area contributed by atoms with Gasteiger partial charge < -0.3 is 117 Å². The topological polar surface area (TPSA) is 409 Å². The third kappa shape index (κ3) is 9.57. The zero-order valence-corrected chi connectivity index (χ0v) is 30.0. The van der Waals surface area contributed by atoms with Crippen molar-refractivity contribution >= 4 is 5.91 Å². The number of nitrogens with two attached hydrogens (primary N) is 4. The Morgan fingerprint density at radius 3 is 1.73 bits per heavy atom. The van der Waals surface area contributed by atoms with Crippen LogP contribution in [0.3, 0.4) is 0 Å². The predicted molar refractivity (Wildman–Crippen MR) is 177 cm³/mol. The maximum atomic E-state index is 12.2. The summed E-state index contributed by atoms with van der Waals surface area (Å²) in [5.74, 6) is -0.480. The van der Waals surface area contributed by atoms with E-state index in [1.54, 1.807) is 0 Å². The van der Waals surface area contributed by atoms with Crippen molar-refractivity contribution in [3.8, 4) is 0 Å². The first-order valence-corrected chi connectivity index (χ1v) is 18.1. The van der Waals surface area contributed by atoms with Gasteiger partial charge in [-0.1, -0.05) is 0 Å². The third-order valence-corrected chi connectivity index (χ3v) is 10.6. The van der Waals surface area contributed by atoms with Crippen molar-refractivity contribution in [2.45, 2.75) is 161 Å². The highest BCUT2D eigenvalue weighted by atomic mass is 16.8. The van der Waals surface area contributed by atoms with Gasteiger partial charge in [-0.25, -0.2) is 0 Å². The van der Waals surface area contributed by atoms with Crippen LogP contribution in [0.1, 0.15) is 19.8 Å². The molecule has 24 heteroatoms. The fourth-order valence-electron chi connectivity index (χ4n) is 7.52. The molecule has 320 valence electrons. The second-order valence-electron chi connectivity index (χ2n) is 14.6. The lowest BCUT2D eigenvalue weighted by Crippen LogP contribution is -2.67. The Morgan fingerprint density at radius 1 is 0.582 bits per heavy atom. The number of hydrogen-bond donors (Lipinski definition) is 15. The average molecular weight is 804 g/mol. The summed E-state index contributed by atoms with van der Waals surface area (Å²) in [5.41, 5.74) is 24.6. The van der Waals surface area contributed by atoms with Crippen LogP contribution in [0.2, 0.25) is 0 Å². The molecule has 0 aromatic heterocycles. The van der Waals surface area contributed by atoms with Crippen molar-refractivity contribution in [1.29, 1.82) is 0 Å². The zero-order chi connectivity index (χ0) is 40.5. The van der Waals surface area contributed by atoms with E-state index in [2.05, 4.69) is 5.32 Å². The van der Waals surface area contributed by atoms with E-state index < -0.39 is 167 Å². The van der Waals surface area contributed by atoms with E-state index in [-0.39, 0.29) is 19.4 Å². The van der Waals surface area contributed by atoms with E-state index in [0.29, 0.717) is 0 Å². The molecule has 0 aromatic carbocycles. The largest absolute Gasteiger partial charge is 0.394 e. The first kappa shape index (κ1) is 44.7. The van der Waals surface area contributed by atoms with Crippen LogP contribution >= 0.6 is 0 Å². The number of ether oxygens (including phenoxy) is 8. The number of aliphatic hydroxyl groups is 10. The number of hydrogen-bond acceptors (Lipinski definition) is 23. The Morgan fingerprint density at radius 2 is 1.11 bits per heavy atom. The summed E-state index contributed by atoms with van der Waals surface area (Å²) in [7, 11) is 0. The molecule has 1 saturated carbocycles. The number of amides is 1. The molecule has 55 heavy (non-hydrogen) atoms. The van der Waals surface area contributed by atoms with Gasteiger partial charge in [0.25, 0.3) is 0 Å². The van der Waals surface area contributed by atoms with E-state index in [1.807, 2.05) is 0 Å². The third-order valence-electron chi connectivity index (χ3n) is 10.6. The van der Waals surface area contributed by atoms with Crippen LogP contribution < -0.4 is 28.3 Å². The summed E-state index contributed by atoms with van der Waals surface area (Å²) in [4.78, 5) is 12.2. The Kier molecular flexibility index (Phi) is 15.5. The Bertz CT molecular complexity index is 1230. The van der Waals surface area contributed by atoms with Crippen molar-refractivity contribution in [2.24, 2.45) is 22.9 Å². The minimum absolute atomic E-state index is 0.000991. The van der Waals surface area contributed by atoms with Crippen molar-refractivity contribution in [2.75, 3.05) is 26.4 Å². The van der Waals surface area contributed by atoms with Crippen molar-refractivity contribution in [3.05, 3.63) is 0 Å². The normalized spacial score (nSPS) is 50.9. The van der Waals surface area contributed by atoms with Crippen LogP contribution in [-0.4, -0.2) is 224 Å². The molecule has 19 N–H and O–H groups in total. The first-order valence-electron chi connectivity index (χ1n) is 18.1. The van der Waals surface area contributed by atoms with Crippen molar-refractivity contribution in [3.63, 3.8) is 0 Å². The summed E-state index contributed by atoms with van der Waals surface area (Å²) in [6.07, 6.45) is -27.8. The molecule has 4 heterocycles. The van der Waals surface area contributed by atoms with Gasteiger partial charge in [0, 0.05) is 19.5 Å². The molecule has 24 nitrogen and oxygen atoms in total. The van der Waals surface area contributed by atoms with Crippen LogP contribution in [0.4, 0.5) is 0 Å². The van der Waals surface area contributed by atoms with Gasteiger partial charge in [-0.2, -0.15) is 0 Å². The molecule has 0 aromatic rings. The minimum atomic E-state index is -1.81. The average Bonchev–Trinajstić information content (AvgIpc) is 3.44. The highest BCUT2D eigenvalue weighted by molar-refractivity contribution is 5.73. The number of carbonyl (C=O) groups excluding carboxylic acids is 1. The summed E-state index contributed by atoms with van der Waals surface area (Å²) in [5, 5.41) is 107. The summed E-state index contributed by atoms with van der Waals surface area (Å²) >= 11 is 0. The Hall–Kier alpha value is -1.41. The molecular weight excluding hydrogens is 746 g/mol. The van der Waals surface area contributed by atoms with E-state index >= 15 is 0 Å².